The number of carbonyl (C=O) groups is 3. The summed E-state index contributed by atoms with van der Waals surface area (Å²) in [5.74, 6) is 1.29. The molecule has 2 saturated carbocycles. The van der Waals surface area contributed by atoms with Gasteiger partial charge in [0.2, 0.25) is 0 Å². The molecule has 0 bridgehead atoms. The van der Waals surface area contributed by atoms with Crippen LogP contribution < -0.4 is 0 Å². The van der Waals surface area contributed by atoms with E-state index in [0.29, 0.717) is 36.5 Å². The summed E-state index contributed by atoms with van der Waals surface area (Å²) in [6.07, 6.45) is 9.57. The molecule has 6 nitrogen and oxygen atoms in total. The zero-order valence-corrected chi connectivity index (χ0v) is 19.5. The quantitative estimate of drug-likeness (QED) is 0.277. The van der Waals surface area contributed by atoms with Crippen LogP contribution in [0.25, 0.3) is 0 Å². The molecule has 0 aromatic heterocycles. The maximum atomic E-state index is 12.4. The largest absolute Gasteiger partial charge is 0.469 e. The van der Waals surface area contributed by atoms with E-state index in [1.165, 1.54) is 7.11 Å². The lowest BCUT2D eigenvalue weighted by Gasteiger charge is -2.36. The van der Waals surface area contributed by atoms with Gasteiger partial charge in [-0.2, -0.15) is 0 Å². The Kier molecular flexibility index (Phi) is 10.6. The summed E-state index contributed by atoms with van der Waals surface area (Å²) in [6.45, 7) is 8.06. The van der Waals surface area contributed by atoms with Gasteiger partial charge in [-0.3, -0.25) is 9.59 Å². The average Bonchev–Trinajstić information content (AvgIpc) is 2.78. The fourth-order valence-corrected chi connectivity index (χ4v) is 4.92. The molecule has 0 aromatic carbocycles. The van der Waals surface area contributed by atoms with Crippen LogP contribution in [0, 0.1) is 29.6 Å². The fraction of sp³-hybridized carbons (Fsp3) is 0.800. The molecule has 1 unspecified atom stereocenters. The molecule has 0 N–H and O–H groups in total. The van der Waals surface area contributed by atoms with Gasteiger partial charge in [-0.15, -0.1) is 0 Å². The van der Waals surface area contributed by atoms with Crippen molar-refractivity contribution in [2.45, 2.75) is 78.1 Å². The number of carbonyl (C=O) groups excluding carboxylic acids is 3. The third-order valence-electron chi connectivity index (χ3n) is 7.13. The second-order valence-electron chi connectivity index (χ2n) is 9.51. The molecule has 0 spiro atoms. The first-order valence-electron chi connectivity index (χ1n) is 11.9. The van der Waals surface area contributed by atoms with Gasteiger partial charge in [0.25, 0.3) is 0 Å². The first-order chi connectivity index (χ1) is 14.8. The molecule has 0 heterocycles. The standard InChI is InChI=1S/C25H40O6/c1-17(2)23(26)30-15-13-18(3)14-16-31-25(28)22-11-7-20(8-12-22)19-5-9-21(10-6-19)24(27)29-4/h18-22H,1,5-16H2,2-4H3. The van der Waals surface area contributed by atoms with Crippen LogP contribution in [0.1, 0.15) is 78.1 Å². The second kappa shape index (κ2) is 12.9. The van der Waals surface area contributed by atoms with E-state index in [-0.39, 0.29) is 29.7 Å². The minimum atomic E-state index is -0.356. The molecule has 0 saturated heterocycles. The van der Waals surface area contributed by atoms with Crippen LogP contribution in [0.4, 0.5) is 0 Å². The van der Waals surface area contributed by atoms with Crippen LogP contribution in [-0.2, 0) is 28.6 Å². The maximum absolute atomic E-state index is 12.4. The molecule has 0 aliphatic heterocycles. The predicted molar refractivity (Wildman–Crippen MR) is 118 cm³/mol. The number of hydrogen-bond donors (Lipinski definition) is 0. The normalized spacial score (nSPS) is 27.1. The molecule has 0 radical (unpaired) electrons. The van der Waals surface area contributed by atoms with E-state index >= 15 is 0 Å². The fourth-order valence-electron chi connectivity index (χ4n) is 4.92. The molecule has 0 amide bonds. The Hall–Kier alpha value is -1.85. The predicted octanol–water partition coefficient (Wildman–Crippen LogP) is 4.85. The van der Waals surface area contributed by atoms with Gasteiger partial charge < -0.3 is 14.2 Å². The summed E-state index contributed by atoms with van der Waals surface area (Å²) in [5, 5.41) is 0. The monoisotopic (exact) mass is 436 g/mol. The first kappa shape index (κ1) is 25.4. The van der Waals surface area contributed by atoms with Gasteiger partial charge in [-0.25, -0.2) is 4.79 Å². The van der Waals surface area contributed by atoms with Crippen molar-refractivity contribution in [3.8, 4) is 0 Å². The van der Waals surface area contributed by atoms with Crippen LogP contribution in [0.15, 0.2) is 12.2 Å². The summed E-state index contributed by atoms with van der Waals surface area (Å²) in [4.78, 5) is 35.5. The van der Waals surface area contributed by atoms with Gasteiger partial charge in [0.05, 0.1) is 32.2 Å². The number of rotatable bonds is 10. The van der Waals surface area contributed by atoms with Gasteiger partial charge in [0, 0.05) is 5.57 Å². The smallest absolute Gasteiger partial charge is 0.333 e. The van der Waals surface area contributed by atoms with E-state index in [1.807, 2.05) is 0 Å². The lowest BCUT2D eigenvalue weighted by Crippen LogP contribution is -2.30. The summed E-state index contributed by atoms with van der Waals surface area (Å²) in [6, 6.07) is 0. The SMILES string of the molecule is C=C(C)C(=O)OCCC(C)CCOC(=O)C1CCC(C2CCC(C(=O)OC)CC2)CC1. The van der Waals surface area contributed by atoms with Crippen LogP contribution >= 0.6 is 0 Å². The van der Waals surface area contributed by atoms with Crippen molar-refractivity contribution >= 4 is 17.9 Å². The lowest BCUT2D eigenvalue weighted by atomic mass is 9.69. The highest BCUT2D eigenvalue weighted by Gasteiger charge is 2.35. The third-order valence-corrected chi connectivity index (χ3v) is 7.13. The number of ether oxygens (including phenoxy) is 3. The van der Waals surface area contributed by atoms with E-state index in [9.17, 15) is 14.4 Å². The van der Waals surface area contributed by atoms with Gasteiger partial charge in [-0.05, 0) is 88.9 Å². The minimum Gasteiger partial charge on any atom is -0.469 e. The molecule has 0 aromatic rings. The molecule has 1 atom stereocenters. The van der Waals surface area contributed by atoms with Gasteiger partial charge >= 0.3 is 17.9 Å². The highest BCUT2D eigenvalue weighted by atomic mass is 16.5. The van der Waals surface area contributed by atoms with Crippen molar-refractivity contribution in [1.29, 1.82) is 0 Å². The van der Waals surface area contributed by atoms with E-state index in [0.717, 1.165) is 64.2 Å². The third kappa shape index (κ3) is 8.30. The Morgan fingerprint density at radius 2 is 1.26 bits per heavy atom. The van der Waals surface area contributed by atoms with Crippen molar-refractivity contribution in [3.63, 3.8) is 0 Å². The first-order valence-corrected chi connectivity index (χ1v) is 11.9. The van der Waals surface area contributed by atoms with Crippen LogP contribution in [-0.4, -0.2) is 38.2 Å². The molecule has 31 heavy (non-hydrogen) atoms. The summed E-state index contributed by atoms with van der Waals surface area (Å²) < 4.78 is 15.5. The molecular weight excluding hydrogens is 396 g/mol. The number of hydrogen-bond acceptors (Lipinski definition) is 6. The molecule has 176 valence electrons. The van der Waals surface area contributed by atoms with Crippen LogP contribution in [0.3, 0.4) is 0 Å². The Bertz CT molecular complexity index is 612. The maximum Gasteiger partial charge on any atom is 0.333 e. The van der Waals surface area contributed by atoms with E-state index in [1.54, 1.807) is 6.92 Å². The second-order valence-corrected chi connectivity index (χ2v) is 9.51. The Morgan fingerprint density at radius 1 is 0.806 bits per heavy atom. The molecule has 2 fully saturated rings. The Balaban J connectivity index is 1.58. The van der Waals surface area contributed by atoms with E-state index in [4.69, 9.17) is 14.2 Å². The zero-order chi connectivity index (χ0) is 22.8. The lowest BCUT2D eigenvalue weighted by molar-refractivity contribution is -0.151. The van der Waals surface area contributed by atoms with Crippen LogP contribution in [0.5, 0.6) is 0 Å². The minimum absolute atomic E-state index is 0.0227. The average molecular weight is 437 g/mol. The molecule has 2 aliphatic rings. The summed E-state index contributed by atoms with van der Waals surface area (Å²) in [7, 11) is 1.47. The van der Waals surface area contributed by atoms with Crippen molar-refractivity contribution in [2.24, 2.45) is 29.6 Å². The summed E-state index contributed by atoms with van der Waals surface area (Å²) >= 11 is 0. The van der Waals surface area contributed by atoms with Crippen molar-refractivity contribution in [1.82, 2.24) is 0 Å². The van der Waals surface area contributed by atoms with Gasteiger partial charge in [0.15, 0.2) is 0 Å². The van der Waals surface area contributed by atoms with Gasteiger partial charge in [0.1, 0.15) is 0 Å². The zero-order valence-electron chi connectivity index (χ0n) is 19.5. The molecular formula is C25H40O6. The Labute approximate surface area is 187 Å². The highest BCUT2D eigenvalue weighted by molar-refractivity contribution is 5.86. The topological polar surface area (TPSA) is 78.9 Å². The Morgan fingerprint density at radius 3 is 1.71 bits per heavy atom. The molecule has 6 heteroatoms. The highest BCUT2D eigenvalue weighted by Crippen LogP contribution is 2.41. The van der Waals surface area contributed by atoms with Crippen molar-refractivity contribution < 1.29 is 28.6 Å². The number of methoxy groups -OCH3 is 1. The molecule has 2 rings (SSSR count). The van der Waals surface area contributed by atoms with Crippen LogP contribution in [0.2, 0.25) is 0 Å². The van der Waals surface area contributed by atoms with Crippen molar-refractivity contribution in [2.75, 3.05) is 20.3 Å². The van der Waals surface area contributed by atoms with E-state index < -0.39 is 0 Å². The van der Waals surface area contributed by atoms with Crippen molar-refractivity contribution in [3.05, 3.63) is 12.2 Å². The number of esters is 3. The van der Waals surface area contributed by atoms with Gasteiger partial charge in [-0.1, -0.05) is 13.5 Å². The summed E-state index contributed by atoms with van der Waals surface area (Å²) in [5.41, 5.74) is 0.408. The van der Waals surface area contributed by atoms with E-state index in [2.05, 4.69) is 13.5 Å². The molecule has 2 aliphatic carbocycles.